The van der Waals surface area contributed by atoms with Gasteiger partial charge >= 0.3 is 0 Å². The number of rotatable bonds is 2. The van der Waals surface area contributed by atoms with Crippen LogP contribution in [0.3, 0.4) is 0 Å². The van der Waals surface area contributed by atoms with E-state index in [4.69, 9.17) is 9.47 Å². The molecule has 110 valence electrons. The van der Waals surface area contributed by atoms with E-state index in [1.807, 2.05) is 48.5 Å². The van der Waals surface area contributed by atoms with Crippen molar-refractivity contribution in [1.82, 2.24) is 0 Å². The Kier molecular flexibility index (Phi) is 3.60. The monoisotopic (exact) mass is 284 g/mol. The Labute approximate surface area is 125 Å². The summed E-state index contributed by atoms with van der Waals surface area (Å²) in [6.45, 7) is 5.45. The molecule has 0 unspecified atom stereocenters. The molecule has 3 rings (SSSR count). The number of benzene rings is 2. The quantitative estimate of drug-likeness (QED) is 0.916. The Balaban J connectivity index is 1.89. The van der Waals surface area contributed by atoms with Crippen LogP contribution in [-0.4, -0.2) is 18.3 Å². The molecule has 3 nitrogen and oxygen atoms in total. The van der Waals surface area contributed by atoms with Crippen LogP contribution in [-0.2, 0) is 0 Å². The van der Waals surface area contributed by atoms with E-state index < -0.39 is 6.10 Å². The molecule has 2 aromatic rings. The second-order valence-corrected chi connectivity index (χ2v) is 6.26. The van der Waals surface area contributed by atoms with Crippen LogP contribution in [0.15, 0.2) is 48.5 Å². The van der Waals surface area contributed by atoms with Crippen molar-refractivity contribution in [2.75, 3.05) is 13.2 Å². The Morgan fingerprint density at radius 1 is 0.905 bits per heavy atom. The van der Waals surface area contributed by atoms with Crippen molar-refractivity contribution in [2.45, 2.75) is 20.0 Å². The summed E-state index contributed by atoms with van der Waals surface area (Å²) < 4.78 is 11.7. The third-order valence-electron chi connectivity index (χ3n) is 3.64. The molecule has 0 aromatic heterocycles. The zero-order chi connectivity index (χ0) is 14.9. The summed E-state index contributed by atoms with van der Waals surface area (Å²) >= 11 is 0. The molecular formula is C18H20O3. The average Bonchev–Trinajstić information content (AvgIpc) is 2.66. The van der Waals surface area contributed by atoms with Crippen LogP contribution in [0.25, 0.3) is 0 Å². The van der Waals surface area contributed by atoms with Crippen LogP contribution in [0.2, 0.25) is 0 Å². The molecule has 21 heavy (non-hydrogen) atoms. The molecule has 1 aliphatic rings. The normalized spacial score (nSPS) is 17.9. The van der Waals surface area contributed by atoms with Gasteiger partial charge in [0.05, 0.1) is 13.2 Å². The lowest BCUT2D eigenvalue weighted by Crippen LogP contribution is -2.26. The van der Waals surface area contributed by atoms with Crippen molar-refractivity contribution in [1.29, 1.82) is 0 Å². The first-order chi connectivity index (χ1) is 10.1. The van der Waals surface area contributed by atoms with Crippen LogP contribution in [0.1, 0.15) is 31.1 Å². The van der Waals surface area contributed by atoms with Gasteiger partial charge in [0, 0.05) is 5.41 Å². The van der Waals surface area contributed by atoms with E-state index in [-0.39, 0.29) is 5.41 Å². The molecule has 1 aliphatic heterocycles. The fraction of sp³-hybridized carbons (Fsp3) is 0.333. The van der Waals surface area contributed by atoms with Gasteiger partial charge < -0.3 is 14.6 Å². The Bertz CT molecular complexity index is 620. The summed E-state index contributed by atoms with van der Waals surface area (Å²) in [6, 6.07) is 15.2. The van der Waals surface area contributed by atoms with E-state index in [0.717, 1.165) is 16.9 Å². The van der Waals surface area contributed by atoms with Gasteiger partial charge in [-0.1, -0.05) is 50.2 Å². The first kappa shape index (κ1) is 14.0. The minimum atomic E-state index is -0.656. The van der Waals surface area contributed by atoms with Crippen LogP contribution in [0.4, 0.5) is 0 Å². The zero-order valence-corrected chi connectivity index (χ0v) is 12.4. The number of fused-ring (bicyclic) bond motifs is 1. The highest BCUT2D eigenvalue weighted by molar-refractivity contribution is 5.45. The zero-order valence-electron chi connectivity index (χ0n) is 12.4. The van der Waals surface area contributed by atoms with E-state index >= 15 is 0 Å². The lowest BCUT2D eigenvalue weighted by atomic mass is 9.97. The molecule has 0 amide bonds. The van der Waals surface area contributed by atoms with Crippen LogP contribution < -0.4 is 9.47 Å². The summed E-state index contributed by atoms with van der Waals surface area (Å²) in [5.41, 5.74) is 1.66. The smallest absolute Gasteiger partial charge is 0.161 e. The van der Waals surface area contributed by atoms with Gasteiger partial charge in [0.1, 0.15) is 6.10 Å². The van der Waals surface area contributed by atoms with Crippen molar-refractivity contribution in [2.24, 2.45) is 5.41 Å². The maximum Gasteiger partial charge on any atom is 0.161 e. The lowest BCUT2D eigenvalue weighted by Gasteiger charge is -2.19. The molecule has 0 saturated heterocycles. The maximum atomic E-state index is 10.5. The van der Waals surface area contributed by atoms with Gasteiger partial charge in [0.15, 0.2) is 11.5 Å². The Morgan fingerprint density at radius 2 is 1.57 bits per heavy atom. The van der Waals surface area contributed by atoms with Gasteiger partial charge in [-0.05, 0) is 23.3 Å². The summed E-state index contributed by atoms with van der Waals surface area (Å²) in [4.78, 5) is 0. The molecule has 1 N–H and O–H groups in total. The number of ether oxygens (including phenoxy) is 2. The number of hydrogen-bond acceptors (Lipinski definition) is 3. The van der Waals surface area contributed by atoms with E-state index in [1.54, 1.807) is 0 Å². The van der Waals surface area contributed by atoms with Gasteiger partial charge in [0.2, 0.25) is 0 Å². The van der Waals surface area contributed by atoms with Crippen molar-refractivity contribution < 1.29 is 14.6 Å². The van der Waals surface area contributed by atoms with Gasteiger partial charge in [-0.15, -0.1) is 0 Å². The van der Waals surface area contributed by atoms with Gasteiger partial charge in [-0.25, -0.2) is 0 Å². The summed E-state index contributed by atoms with van der Waals surface area (Å²) in [5.74, 6) is 1.44. The second kappa shape index (κ2) is 5.41. The predicted molar refractivity (Wildman–Crippen MR) is 81.7 cm³/mol. The minimum absolute atomic E-state index is 0.0166. The first-order valence-corrected chi connectivity index (χ1v) is 7.18. The highest BCUT2D eigenvalue weighted by Crippen LogP contribution is 2.36. The predicted octanol–water partition coefficient (Wildman–Crippen LogP) is 3.57. The molecule has 3 heteroatoms. The number of hydrogen-bond donors (Lipinski definition) is 1. The average molecular weight is 284 g/mol. The molecule has 0 saturated carbocycles. The molecule has 0 fully saturated rings. The van der Waals surface area contributed by atoms with E-state index in [2.05, 4.69) is 13.8 Å². The topological polar surface area (TPSA) is 38.7 Å². The number of aliphatic hydroxyl groups excluding tert-OH is 1. The fourth-order valence-electron chi connectivity index (χ4n) is 2.34. The summed E-state index contributed by atoms with van der Waals surface area (Å²) in [5, 5.41) is 10.5. The van der Waals surface area contributed by atoms with Gasteiger partial charge in [-0.2, -0.15) is 0 Å². The van der Waals surface area contributed by atoms with Crippen molar-refractivity contribution in [3.05, 3.63) is 59.7 Å². The van der Waals surface area contributed by atoms with E-state index in [9.17, 15) is 5.11 Å². The minimum Gasteiger partial charge on any atom is -0.489 e. The molecule has 1 heterocycles. The second-order valence-electron chi connectivity index (χ2n) is 6.26. The van der Waals surface area contributed by atoms with E-state index in [0.29, 0.717) is 19.0 Å². The highest BCUT2D eigenvalue weighted by Gasteiger charge is 2.25. The molecule has 0 aliphatic carbocycles. The fourth-order valence-corrected chi connectivity index (χ4v) is 2.34. The Hall–Kier alpha value is -2.00. The van der Waals surface area contributed by atoms with Crippen molar-refractivity contribution in [3.8, 4) is 11.5 Å². The third kappa shape index (κ3) is 3.03. The van der Waals surface area contributed by atoms with E-state index in [1.165, 1.54) is 0 Å². The molecule has 0 radical (unpaired) electrons. The summed E-state index contributed by atoms with van der Waals surface area (Å²) in [6.07, 6.45) is -0.656. The van der Waals surface area contributed by atoms with Crippen molar-refractivity contribution in [3.63, 3.8) is 0 Å². The van der Waals surface area contributed by atoms with Crippen molar-refractivity contribution >= 4 is 0 Å². The standard InChI is InChI=1S/C18H20O3/c1-18(2)11-20-15-9-8-14(10-16(15)21-12-18)17(19)13-6-4-3-5-7-13/h3-10,17,19H,11-12H2,1-2H3/t17-/m1/s1. The molecular weight excluding hydrogens is 264 g/mol. The maximum absolute atomic E-state index is 10.5. The highest BCUT2D eigenvalue weighted by atomic mass is 16.5. The molecule has 1 atom stereocenters. The number of aliphatic hydroxyl groups is 1. The molecule has 0 bridgehead atoms. The summed E-state index contributed by atoms with van der Waals surface area (Å²) in [7, 11) is 0. The van der Waals surface area contributed by atoms with Crippen LogP contribution in [0.5, 0.6) is 11.5 Å². The third-order valence-corrected chi connectivity index (χ3v) is 3.64. The van der Waals surface area contributed by atoms with Crippen LogP contribution in [0, 0.1) is 5.41 Å². The molecule has 2 aromatic carbocycles. The first-order valence-electron chi connectivity index (χ1n) is 7.18. The SMILES string of the molecule is CC1(C)COc2ccc([C@H](O)c3ccccc3)cc2OC1. The Morgan fingerprint density at radius 3 is 2.29 bits per heavy atom. The van der Waals surface area contributed by atoms with Gasteiger partial charge in [0.25, 0.3) is 0 Å². The molecule has 0 spiro atoms. The van der Waals surface area contributed by atoms with Gasteiger partial charge in [-0.3, -0.25) is 0 Å². The lowest BCUT2D eigenvalue weighted by molar-refractivity contribution is 0.140. The van der Waals surface area contributed by atoms with Crippen LogP contribution >= 0.6 is 0 Å². The largest absolute Gasteiger partial charge is 0.489 e.